The van der Waals surface area contributed by atoms with Crippen LogP contribution in [0.4, 0.5) is 8.78 Å². The normalized spacial score (nSPS) is 10.2. The number of carbonyl (C=O) groups excluding carboxylic acids is 1. The minimum absolute atomic E-state index is 0.0408. The average Bonchev–Trinajstić information content (AvgIpc) is 2.39. The van der Waals surface area contributed by atoms with Gasteiger partial charge in [0, 0.05) is 12.1 Å². The third-order valence-electron chi connectivity index (χ3n) is 2.55. The predicted molar refractivity (Wildman–Crippen MR) is 65.6 cm³/mol. The van der Waals surface area contributed by atoms with Crippen molar-refractivity contribution < 1.29 is 18.7 Å². The van der Waals surface area contributed by atoms with Crippen LogP contribution in [-0.4, -0.2) is 11.0 Å². The van der Waals surface area contributed by atoms with Crippen LogP contribution in [0.25, 0.3) is 0 Å². The van der Waals surface area contributed by atoms with E-state index in [2.05, 4.69) is 5.32 Å². The number of hydrogen-bond donors (Lipinski definition) is 2. The SMILES string of the molecule is O=C(NCc1cccc(O)c1)c1ccc(F)c(F)c1. The summed E-state index contributed by atoms with van der Waals surface area (Å²) in [5.74, 6) is -2.48. The van der Waals surface area contributed by atoms with Crippen LogP contribution in [0.15, 0.2) is 42.5 Å². The molecular formula is C14H11F2NO2. The molecule has 19 heavy (non-hydrogen) atoms. The zero-order valence-corrected chi connectivity index (χ0v) is 9.86. The van der Waals surface area contributed by atoms with Crippen LogP contribution < -0.4 is 5.32 Å². The molecule has 0 saturated heterocycles. The number of amides is 1. The fraction of sp³-hybridized carbons (Fsp3) is 0.0714. The third kappa shape index (κ3) is 3.28. The third-order valence-corrected chi connectivity index (χ3v) is 2.55. The Hall–Kier alpha value is -2.43. The van der Waals surface area contributed by atoms with Gasteiger partial charge in [-0.2, -0.15) is 0 Å². The molecule has 0 aliphatic heterocycles. The summed E-state index contributed by atoms with van der Waals surface area (Å²) in [7, 11) is 0. The highest BCUT2D eigenvalue weighted by Gasteiger charge is 2.09. The fourth-order valence-electron chi connectivity index (χ4n) is 1.59. The maximum Gasteiger partial charge on any atom is 0.251 e. The second-order valence-electron chi connectivity index (χ2n) is 3.98. The summed E-state index contributed by atoms with van der Waals surface area (Å²) in [6, 6.07) is 9.34. The van der Waals surface area contributed by atoms with E-state index in [1.807, 2.05) is 0 Å². The number of halogens is 2. The Balaban J connectivity index is 2.03. The molecule has 2 rings (SSSR count). The van der Waals surface area contributed by atoms with Crippen LogP contribution in [0.3, 0.4) is 0 Å². The highest BCUT2D eigenvalue weighted by atomic mass is 19.2. The number of hydrogen-bond acceptors (Lipinski definition) is 2. The van der Waals surface area contributed by atoms with Crippen molar-refractivity contribution in [3.05, 3.63) is 65.2 Å². The van der Waals surface area contributed by atoms with E-state index in [4.69, 9.17) is 0 Å². The minimum atomic E-state index is -1.06. The lowest BCUT2D eigenvalue weighted by atomic mass is 10.2. The van der Waals surface area contributed by atoms with E-state index < -0.39 is 17.5 Å². The molecule has 0 bridgehead atoms. The summed E-state index contributed by atoms with van der Waals surface area (Å²) in [4.78, 5) is 11.7. The molecule has 2 aromatic carbocycles. The number of rotatable bonds is 3. The van der Waals surface area contributed by atoms with E-state index in [1.54, 1.807) is 12.1 Å². The van der Waals surface area contributed by atoms with Crippen molar-refractivity contribution in [1.82, 2.24) is 5.32 Å². The summed E-state index contributed by atoms with van der Waals surface area (Å²) in [6.45, 7) is 0.187. The Kier molecular flexibility index (Phi) is 3.75. The molecule has 5 heteroatoms. The summed E-state index contributed by atoms with van der Waals surface area (Å²) >= 11 is 0. The quantitative estimate of drug-likeness (QED) is 0.894. The van der Waals surface area contributed by atoms with Crippen LogP contribution in [0, 0.1) is 11.6 Å². The Morgan fingerprint density at radius 3 is 2.58 bits per heavy atom. The van der Waals surface area contributed by atoms with E-state index in [-0.39, 0.29) is 17.9 Å². The van der Waals surface area contributed by atoms with Crippen LogP contribution in [0.2, 0.25) is 0 Å². The molecule has 0 radical (unpaired) electrons. The van der Waals surface area contributed by atoms with Gasteiger partial charge in [0.2, 0.25) is 0 Å². The van der Waals surface area contributed by atoms with Gasteiger partial charge in [-0.15, -0.1) is 0 Å². The first-order valence-electron chi connectivity index (χ1n) is 5.57. The Bertz CT molecular complexity index is 614. The van der Waals surface area contributed by atoms with Crippen molar-refractivity contribution in [2.45, 2.75) is 6.54 Å². The molecule has 0 aliphatic rings. The van der Waals surface area contributed by atoms with Crippen LogP contribution in [-0.2, 0) is 6.54 Å². The van der Waals surface area contributed by atoms with E-state index in [0.29, 0.717) is 5.56 Å². The highest BCUT2D eigenvalue weighted by molar-refractivity contribution is 5.94. The second kappa shape index (κ2) is 5.48. The average molecular weight is 263 g/mol. The van der Waals surface area contributed by atoms with Gasteiger partial charge in [-0.25, -0.2) is 8.78 Å². The molecule has 1 amide bonds. The zero-order valence-electron chi connectivity index (χ0n) is 9.86. The predicted octanol–water partition coefficient (Wildman–Crippen LogP) is 2.60. The van der Waals surface area contributed by atoms with Gasteiger partial charge in [0.15, 0.2) is 11.6 Å². The van der Waals surface area contributed by atoms with Gasteiger partial charge < -0.3 is 10.4 Å². The zero-order chi connectivity index (χ0) is 13.8. The van der Waals surface area contributed by atoms with Crippen LogP contribution in [0.5, 0.6) is 5.75 Å². The van der Waals surface area contributed by atoms with E-state index >= 15 is 0 Å². The minimum Gasteiger partial charge on any atom is -0.508 e. The number of phenolic OH excluding ortho intramolecular Hbond substituents is 1. The maximum absolute atomic E-state index is 13.0. The van der Waals surface area contributed by atoms with Gasteiger partial charge in [-0.1, -0.05) is 12.1 Å². The molecule has 2 aromatic rings. The topological polar surface area (TPSA) is 49.3 Å². The van der Waals surface area contributed by atoms with Gasteiger partial charge in [0.25, 0.3) is 5.91 Å². The molecular weight excluding hydrogens is 252 g/mol. The highest BCUT2D eigenvalue weighted by Crippen LogP contribution is 2.11. The Labute approximate surface area is 108 Å². The molecule has 3 nitrogen and oxygen atoms in total. The van der Waals surface area contributed by atoms with Crippen molar-refractivity contribution in [3.63, 3.8) is 0 Å². The largest absolute Gasteiger partial charge is 0.508 e. The number of nitrogens with one attached hydrogen (secondary N) is 1. The van der Waals surface area contributed by atoms with Gasteiger partial charge >= 0.3 is 0 Å². The Morgan fingerprint density at radius 2 is 1.89 bits per heavy atom. The molecule has 98 valence electrons. The number of aromatic hydroxyl groups is 1. The van der Waals surface area contributed by atoms with Crippen molar-refractivity contribution in [3.8, 4) is 5.75 Å². The molecule has 0 spiro atoms. The smallest absolute Gasteiger partial charge is 0.251 e. The number of carbonyl (C=O) groups is 1. The lowest BCUT2D eigenvalue weighted by Crippen LogP contribution is -2.22. The van der Waals surface area contributed by atoms with Gasteiger partial charge in [-0.3, -0.25) is 4.79 Å². The van der Waals surface area contributed by atoms with Crippen molar-refractivity contribution >= 4 is 5.91 Å². The maximum atomic E-state index is 13.0. The molecule has 0 aromatic heterocycles. The Morgan fingerprint density at radius 1 is 1.11 bits per heavy atom. The molecule has 0 fully saturated rings. The van der Waals surface area contributed by atoms with Gasteiger partial charge in [0.1, 0.15) is 5.75 Å². The summed E-state index contributed by atoms with van der Waals surface area (Å²) in [6.07, 6.45) is 0. The van der Waals surface area contributed by atoms with Crippen molar-refractivity contribution in [2.75, 3.05) is 0 Å². The molecule has 0 aliphatic carbocycles. The second-order valence-corrected chi connectivity index (χ2v) is 3.98. The van der Waals surface area contributed by atoms with E-state index in [0.717, 1.165) is 12.1 Å². The van der Waals surface area contributed by atoms with Gasteiger partial charge in [-0.05, 0) is 35.9 Å². The number of phenols is 1. The van der Waals surface area contributed by atoms with Crippen LogP contribution in [0.1, 0.15) is 15.9 Å². The standard InChI is InChI=1S/C14H11F2NO2/c15-12-5-4-10(7-13(12)16)14(19)17-8-9-2-1-3-11(18)6-9/h1-7,18H,8H2,(H,17,19). The van der Waals surface area contributed by atoms with Crippen molar-refractivity contribution in [1.29, 1.82) is 0 Å². The monoisotopic (exact) mass is 263 g/mol. The molecule has 0 unspecified atom stereocenters. The lowest BCUT2D eigenvalue weighted by Gasteiger charge is -2.06. The summed E-state index contributed by atoms with van der Waals surface area (Å²) in [5.41, 5.74) is 0.745. The molecule has 0 saturated carbocycles. The molecule has 0 heterocycles. The summed E-state index contributed by atoms with van der Waals surface area (Å²) < 4.78 is 25.7. The van der Waals surface area contributed by atoms with E-state index in [1.165, 1.54) is 18.2 Å². The van der Waals surface area contributed by atoms with Crippen LogP contribution >= 0.6 is 0 Å². The number of benzene rings is 2. The first-order valence-corrected chi connectivity index (χ1v) is 5.57. The van der Waals surface area contributed by atoms with Crippen molar-refractivity contribution in [2.24, 2.45) is 0 Å². The first kappa shape index (κ1) is 13.0. The fourth-order valence-corrected chi connectivity index (χ4v) is 1.59. The molecule has 0 atom stereocenters. The van der Waals surface area contributed by atoms with Gasteiger partial charge in [0.05, 0.1) is 0 Å². The summed E-state index contributed by atoms with van der Waals surface area (Å²) in [5, 5.41) is 11.8. The molecule has 2 N–H and O–H groups in total. The van der Waals surface area contributed by atoms with E-state index in [9.17, 15) is 18.7 Å². The first-order chi connectivity index (χ1) is 9.06. The lowest BCUT2D eigenvalue weighted by molar-refractivity contribution is 0.0950.